The van der Waals surface area contributed by atoms with Crippen LogP contribution in [0.4, 0.5) is 5.69 Å². The highest BCUT2D eigenvalue weighted by molar-refractivity contribution is 14.1. The second-order valence-corrected chi connectivity index (χ2v) is 6.50. The number of ether oxygens (including phenoxy) is 2. The van der Waals surface area contributed by atoms with Crippen molar-refractivity contribution in [2.24, 2.45) is 0 Å². The van der Waals surface area contributed by atoms with Crippen LogP contribution in [0.25, 0.3) is 0 Å². The molecule has 5 heteroatoms. The number of hydrogen-bond acceptors (Lipinski definition) is 3. The predicted molar refractivity (Wildman–Crippen MR) is 105 cm³/mol. The van der Waals surface area contributed by atoms with Crippen LogP contribution >= 0.6 is 22.6 Å². The molecular weight excluding hydrogens is 417 g/mol. The Morgan fingerprint density at radius 1 is 1.25 bits per heavy atom. The summed E-state index contributed by atoms with van der Waals surface area (Å²) in [6.07, 6.45) is 0.863. The van der Waals surface area contributed by atoms with Gasteiger partial charge in [0.1, 0.15) is 0 Å². The summed E-state index contributed by atoms with van der Waals surface area (Å²) in [5.41, 5.74) is 3.61. The standard InChI is InChI=1S/C19H22INO3/c1-5-13-9-7-8-12(3)17(13)21-19(22)14-10-15(20)18(23-4)16(11-14)24-6-2/h7-11H,5-6H2,1-4H3,(H,21,22). The summed E-state index contributed by atoms with van der Waals surface area (Å²) in [5, 5.41) is 3.04. The Labute approximate surface area is 156 Å². The first-order valence-electron chi connectivity index (χ1n) is 7.91. The number of hydrogen-bond donors (Lipinski definition) is 1. The van der Waals surface area contributed by atoms with Crippen LogP contribution in [0.2, 0.25) is 0 Å². The van der Waals surface area contributed by atoms with Crippen LogP contribution in [0, 0.1) is 10.5 Å². The normalized spacial score (nSPS) is 10.4. The van der Waals surface area contributed by atoms with Gasteiger partial charge in [-0.1, -0.05) is 25.1 Å². The zero-order chi connectivity index (χ0) is 17.7. The number of halogens is 1. The van der Waals surface area contributed by atoms with Crippen molar-refractivity contribution in [3.63, 3.8) is 0 Å². The summed E-state index contributed by atoms with van der Waals surface area (Å²) in [6, 6.07) is 9.57. The maximum atomic E-state index is 12.7. The summed E-state index contributed by atoms with van der Waals surface area (Å²) in [7, 11) is 1.60. The first-order chi connectivity index (χ1) is 11.5. The monoisotopic (exact) mass is 439 g/mol. The molecule has 0 radical (unpaired) electrons. The quantitative estimate of drug-likeness (QED) is 0.657. The van der Waals surface area contributed by atoms with E-state index < -0.39 is 0 Å². The predicted octanol–water partition coefficient (Wildman–Crippen LogP) is 4.82. The van der Waals surface area contributed by atoms with Crippen molar-refractivity contribution in [2.75, 3.05) is 19.0 Å². The van der Waals surface area contributed by atoms with Crippen molar-refractivity contribution in [1.82, 2.24) is 0 Å². The minimum Gasteiger partial charge on any atom is -0.492 e. The Balaban J connectivity index is 2.37. The van der Waals surface area contributed by atoms with E-state index in [0.29, 0.717) is 23.7 Å². The molecule has 128 valence electrons. The smallest absolute Gasteiger partial charge is 0.255 e. The fourth-order valence-electron chi connectivity index (χ4n) is 2.55. The molecule has 24 heavy (non-hydrogen) atoms. The number of aryl methyl sites for hydroxylation is 2. The molecule has 2 aromatic rings. The highest BCUT2D eigenvalue weighted by Crippen LogP contribution is 2.34. The van der Waals surface area contributed by atoms with Gasteiger partial charge in [0.05, 0.1) is 17.3 Å². The van der Waals surface area contributed by atoms with Gasteiger partial charge in [-0.25, -0.2) is 0 Å². The average molecular weight is 439 g/mol. The Bertz CT molecular complexity index is 744. The number of benzene rings is 2. The molecule has 2 rings (SSSR count). The van der Waals surface area contributed by atoms with E-state index in [1.165, 1.54) is 0 Å². The molecule has 0 spiro atoms. The van der Waals surface area contributed by atoms with E-state index >= 15 is 0 Å². The lowest BCUT2D eigenvalue weighted by Crippen LogP contribution is -2.15. The SMILES string of the molecule is CCOc1cc(C(=O)Nc2c(C)cccc2CC)cc(I)c1OC. The van der Waals surface area contributed by atoms with E-state index in [1.54, 1.807) is 19.2 Å². The van der Waals surface area contributed by atoms with Gasteiger partial charge in [-0.3, -0.25) is 4.79 Å². The van der Waals surface area contributed by atoms with Crippen LogP contribution in [-0.2, 0) is 6.42 Å². The van der Waals surface area contributed by atoms with Crippen molar-refractivity contribution in [1.29, 1.82) is 0 Å². The van der Waals surface area contributed by atoms with Crippen molar-refractivity contribution < 1.29 is 14.3 Å². The zero-order valence-corrected chi connectivity index (χ0v) is 16.6. The number of carbonyl (C=O) groups excluding carboxylic acids is 1. The molecule has 0 unspecified atom stereocenters. The van der Waals surface area contributed by atoms with Crippen LogP contribution in [0.5, 0.6) is 11.5 Å². The van der Waals surface area contributed by atoms with Crippen LogP contribution in [0.3, 0.4) is 0 Å². The van der Waals surface area contributed by atoms with Gasteiger partial charge in [0.2, 0.25) is 0 Å². The van der Waals surface area contributed by atoms with Crippen LogP contribution < -0.4 is 14.8 Å². The summed E-state index contributed by atoms with van der Waals surface area (Å²) in [6.45, 7) is 6.49. The first kappa shape index (κ1) is 18.6. The summed E-state index contributed by atoms with van der Waals surface area (Å²) >= 11 is 2.15. The number of rotatable bonds is 6. The second-order valence-electron chi connectivity index (χ2n) is 5.34. The number of carbonyl (C=O) groups is 1. The lowest BCUT2D eigenvalue weighted by Gasteiger charge is -2.15. The molecule has 1 N–H and O–H groups in total. The van der Waals surface area contributed by atoms with Gasteiger partial charge >= 0.3 is 0 Å². The summed E-state index contributed by atoms with van der Waals surface area (Å²) in [5.74, 6) is 1.08. The number of amides is 1. The van der Waals surface area contributed by atoms with E-state index in [9.17, 15) is 4.79 Å². The van der Waals surface area contributed by atoms with Gasteiger partial charge in [-0.15, -0.1) is 0 Å². The van der Waals surface area contributed by atoms with Gasteiger partial charge < -0.3 is 14.8 Å². The maximum absolute atomic E-state index is 12.7. The summed E-state index contributed by atoms with van der Waals surface area (Å²) < 4.78 is 11.8. The Morgan fingerprint density at radius 2 is 2.00 bits per heavy atom. The number of anilines is 1. The highest BCUT2D eigenvalue weighted by atomic mass is 127. The van der Waals surface area contributed by atoms with Gasteiger partial charge in [-0.2, -0.15) is 0 Å². The van der Waals surface area contributed by atoms with Crippen molar-refractivity contribution >= 4 is 34.2 Å². The van der Waals surface area contributed by atoms with Crippen molar-refractivity contribution in [3.05, 3.63) is 50.6 Å². The molecule has 0 aliphatic heterocycles. The van der Waals surface area contributed by atoms with Crippen LogP contribution in [0.1, 0.15) is 35.3 Å². The zero-order valence-electron chi connectivity index (χ0n) is 14.4. The molecular formula is C19H22INO3. The Kier molecular flexibility index (Phi) is 6.48. The first-order valence-corrected chi connectivity index (χ1v) is 8.99. The largest absolute Gasteiger partial charge is 0.492 e. The number of nitrogens with one attached hydrogen (secondary N) is 1. The Hall–Kier alpha value is -1.76. The van der Waals surface area contributed by atoms with E-state index in [4.69, 9.17) is 9.47 Å². The van der Waals surface area contributed by atoms with Gasteiger partial charge in [-0.05, 0) is 66.1 Å². The highest BCUT2D eigenvalue weighted by Gasteiger charge is 2.16. The maximum Gasteiger partial charge on any atom is 0.255 e. The van der Waals surface area contributed by atoms with Crippen molar-refractivity contribution in [3.8, 4) is 11.5 Å². The topological polar surface area (TPSA) is 47.6 Å². The molecule has 2 aromatic carbocycles. The number of methoxy groups -OCH3 is 1. The molecule has 0 heterocycles. The minimum absolute atomic E-state index is 0.152. The van der Waals surface area contributed by atoms with Crippen LogP contribution in [0.15, 0.2) is 30.3 Å². The lowest BCUT2D eigenvalue weighted by molar-refractivity contribution is 0.102. The fraction of sp³-hybridized carbons (Fsp3) is 0.316. The molecule has 0 saturated heterocycles. The molecule has 0 aliphatic carbocycles. The van der Waals surface area contributed by atoms with Gasteiger partial charge in [0.25, 0.3) is 5.91 Å². The van der Waals surface area contributed by atoms with Crippen molar-refractivity contribution in [2.45, 2.75) is 27.2 Å². The molecule has 0 saturated carbocycles. The third kappa shape index (κ3) is 4.01. The van der Waals surface area contributed by atoms with E-state index in [-0.39, 0.29) is 5.91 Å². The molecule has 1 amide bonds. The summed E-state index contributed by atoms with van der Waals surface area (Å²) in [4.78, 5) is 12.7. The number of para-hydroxylation sites is 1. The average Bonchev–Trinajstić information content (AvgIpc) is 2.56. The van der Waals surface area contributed by atoms with Crippen LogP contribution in [-0.4, -0.2) is 19.6 Å². The molecule has 4 nitrogen and oxygen atoms in total. The third-order valence-electron chi connectivity index (χ3n) is 3.75. The third-order valence-corrected chi connectivity index (χ3v) is 4.56. The molecule has 0 aliphatic rings. The van der Waals surface area contributed by atoms with E-state index in [2.05, 4.69) is 34.8 Å². The molecule has 0 aromatic heterocycles. The van der Waals surface area contributed by atoms with Gasteiger partial charge in [0.15, 0.2) is 11.5 Å². The lowest BCUT2D eigenvalue weighted by atomic mass is 10.1. The molecule has 0 atom stereocenters. The fourth-order valence-corrected chi connectivity index (χ4v) is 3.37. The van der Waals surface area contributed by atoms with E-state index in [1.807, 2.05) is 32.0 Å². The molecule has 0 bridgehead atoms. The van der Waals surface area contributed by atoms with E-state index in [0.717, 1.165) is 26.8 Å². The van der Waals surface area contributed by atoms with Gasteiger partial charge in [0, 0.05) is 11.3 Å². The minimum atomic E-state index is -0.152. The molecule has 0 fully saturated rings. The second kappa shape index (κ2) is 8.37. The Morgan fingerprint density at radius 3 is 2.62 bits per heavy atom.